The van der Waals surface area contributed by atoms with Crippen LogP contribution < -0.4 is 5.32 Å². The zero-order valence-corrected chi connectivity index (χ0v) is 11.0. The van der Waals surface area contributed by atoms with Gasteiger partial charge in [-0.05, 0) is 0 Å². The number of nitrogens with zero attached hydrogens (tertiary/aromatic N) is 5. The minimum Gasteiger partial charge on any atom is -0.341 e. The van der Waals surface area contributed by atoms with Gasteiger partial charge in [-0.15, -0.1) is 0 Å². The van der Waals surface area contributed by atoms with Gasteiger partial charge in [-0.2, -0.15) is 9.97 Å². The number of imidazole rings is 2. The number of nitrogens with one attached hydrogen (secondary N) is 2. The third-order valence-electron chi connectivity index (χ3n) is 2.65. The summed E-state index contributed by atoms with van der Waals surface area (Å²) in [6.07, 6.45) is 6.85. The molecule has 3 aromatic rings. The summed E-state index contributed by atoms with van der Waals surface area (Å²) < 4.78 is 1.81. The molecule has 0 aliphatic heterocycles. The molecule has 0 fully saturated rings. The molecule has 0 saturated heterocycles. The fraction of sp³-hybridized carbons (Fsp3) is 0.182. The van der Waals surface area contributed by atoms with Crippen LogP contribution in [-0.4, -0.2) is 35.4 Å². The predicted molar refractivity (Wildman–Crippen MR) is 72.2 cm³/mol. The standard InChI is InChI=1S/C11H10ClN7O/c12-9-8-10(15-5-14-8)18-11(17-9)16-7(20)1-3-19-4-2-13-6-19/h2,4-6H,1,3H2,(H2,14,15,16,17,18,20). The fourth-order valence-corrected chi connectivity index (χ4v) is 1.91. The van der Waals surface area contributed by atoms with Crippen LogP contribution in [0.5, 0.6) is 0 Å². The number of amides is 1. The Morgan fingerprint density at radius 3 is 3.15 bits per heavy atom. The van der Waals surface area contributed by atoms with Gasteiger partial charge in [0.2, 0.25) is 11.9 Å². The molecule has 0 aromatic carbocycles. The van der Waals surface area contributed by atoms with Gasteiger partial charge < -0.3 is 9.55 Å². The maximum absolute atomic E-state index is 11.8. The van der Waals surface area contributed by atoms with Crippen LogP contribution in [-0.2, 0) is 11.3 Å². The lowest BCUT2D eigenvalue weighted by molar-refractivity contribution is -0.116. The summed E-state index contributed by atoms with van der Waals surface area (Å²) in [5.41, 5.74) is 0.956. The minimum absolute atomic E-state index is 0.144. The number of hydrogen-bond donors (Lipinski definition) is 2. The van der Waals surface area contributed by atoms with Crippen molar-refractivity contribution in [2.24, 2.45) is 0 Å². The number of aryl methyl sites for hydroxylation is 1. The normalized spacial score (nSPS) is 10.8. The van der Waals surface area contributed by atoms with E-state index in [9.17, 15) is 4.79 Å². The Balaban J connectivity index is 1.67. The number of aromatic amines is 1. The number of carbonyl (C=O) groups excluding carboxylic acids is 1. The molecule has 2 N–H and O–H groups in total. The van der Waals surface area contributed by atoms with Crippen LogP contribution in [0.1, 0.15) is 6.42 Å². The topological polar surface area (TPSA) is 101 Å². The van der Waals surface area contributed by atoms with E-state index in [0.717, 1.165) is 0 Å². The lowest BCUT2D eigenvalue weighted by atomic mass is 10.4. The Morgan fingerprint density at radius 2 is 2.35 bits per heavy atom. The molecule has 0 radical (unpaired) electrons. The van der Waals surface area contributed by atoms with Crippen LogP contribution in [0.4, 0.5) is 5.95 Å². The summed E-state index contributed by atoms with van der Waals surface area (Å²) in [4.78, 5) is 30.6. The van der Waals surface area contributed by atoms with Crippen molar-refractivity contribution in [3.8, 4) is 0 Å². The van der Waals surface area contributed by atoms with Gasteiger partial charge in [0.25, 0.3) is 0 Å². The fourth-order valence-electron chi connectivity index (χ4n) is 1.69. The molecule has 0 spiro atoms. The summed E-state index contributed by atoms with van der Waals surface area (Å²) in [5.74, 6) is -0.0603. The number of anilines is 1. The third kappa shape index (κ3) is 2.59. The molecule has 3 rings (SSSR count). The predicted octanol–water partition coefficient (Wildman–Crippen LogP) is 1.23. The van der Waals surface area contributed by atoms with Crippen molar-refractivity contribution in [3.63, 3.8) is 0 Å². The first-order valence-corrected chi connectivity index (χ1v) is 6.22. The molecule has 3 aromatic heterocycles. The Morgan fingerprint density at radius 1 is 1.45 bits per heavy atom. The average Bonchev–Trinajstić information content (AvgIpc) is 3.07. The molecule has 0 atom stereocenters. The largest absolute Gasteiger partial charge is 0.341 e. The maximum atomic E-state index is 11.8. The van der Waals surface area contributed by atoms with E-state index >= 15 is 0 Å². The molecule has 102 valence electrons. The Hall–Kier alpha value is -2.48. The smallest absolute Gasteiger partial charge is 0.233 e. The van der Waals surface area contributed by atoms with E-state index in [1.165, 1.54) is 6.33 Å². The zero-order chi connectivity index (χ0) is 13.9. The molecule has 0 saturated carbocycles. The van der Waals surface area contributed by atoms with Gasteiger partial charge in [0.1, 0.15) is 5.52 Å². The lowest BCUT2D eigenvalue weighted by Gasteiger charge is -2.04. The van der Waals surface area contributed by atoms with Crippen molar-refractivity contribution in [3.05, 3.63) is 30.2 Å². The average molecular weight is 292 g/mol. The second kappa shape index (κ2) is 5.25. The van der Waals surface area contributed by atoms with E-state index in [0.29, 0.717) is 17.7 Å². The Kier molecular flexibility index (Phi) is 3.30. The summed E-state index contributed by atoms with van der Waals surface area (Å²) in [6, 6.07) is 0. The minimum atomic E-state index is -0.204. The first kappa shape index (κ1) is 12.5. The molecule has 0 aliphatic carbocycles. The van der Waals surface area contributed by atoms with E-state index in [2.05, 4.69) is 30.2 Å². The Bertz CT molecular complexity index is 736. The number of fused-ring (bicyclic) bond motifs is 1. The number of rotatable bonds is 4. The molecule has 3 heterocycles. The summed E-state index contributed by atoms with van der Waals surface area (Å²) in [6.45, 7) is 0.532. The Labute approximate surface area is 118 Å². The monoisotopic (exact) mass is 291 g/mol. The first-order valence-electron chi connectivity index (χ1n) is 5.84. The lowest BCUT2D eigenvalue weighted by Crippen LogP contribution is -2.16. The van der Waals surface area contributed by atoms with E-state index < -0.39 is 0 Å². The molecule has 8 nitrogen and oxygen atoms in total. The van der Waals surface area contributed by atoms with Gasteiger partial charge >= 0.3 is 0 Å². The van der Waals surface area contributed by atoms with Gasteiger partial charge in [-0.25, -0.2) is 9.97 Å². The van der Waals surface area contributed by atoms with Crippen LogP contribution >= 0.6 is 11.6 Å². The van der Waals surface area contributed by atoms with E-state index in [-0.39, 0.29) is 23.4 Å². The van der Waals surface area contributed by atoms with Crippen molar-refractivity contribution >= 4 is 34.6 Å². The molecule has 0 aliphatic rings. The SMILES string of the molecule is O=C(CCn1ccnc1)Nc1nc(Cl)c2[nH]cnc2n1. The molecule has 20 heavy (non-hydrogen) atoms. The van der Waals surface area contributed by atoms with Crippen LogP contribution in [0, 0.1) is 0 Å². The van der Waals surface area contributed by atoms with Crippen molar-refractivity contribution in [1.29, 1.82) is 0 Å². The number of H-pyrrole nitrogens is 1. The first-order chi connectivity index (χ1) is 9.72. The van der Waals surface area contributed by atoms with Crippen LogP contribution in [0.25, 0.3) is 11.2 Å². The highest BCUT2D eigenvalue weighted by Crippen LogP contribution is 2.18. The van der Waals surface area contributed by atoms with E-state index in [1.54, 1.807) is 18.7 Å². The van der Waals surface area contributed by atoms with Gasteiger partial charge in [-0.3, -0.25) is 10.1 Å². The molecule has 0 bridgehead atoms. The quantitative estimate of drug-likeness (QED) is 0.704. The summed E-state index contributed by atoms with van der Waals surface area (Å²) in [5, 5.41) is 2.81. The number of hydrogen-bond acceptors (Lipinski definition) is 5. The van der Waals surface area contributed by atoms with Crippen molar-refractivity contribution in [2.75, 3.05) is 5.32 Å². The number of aromatic nitrogens is 6. The van der Waals surface area contributed by atoms with Gasteiger partial charge in [0, 0.05) is 25.4 Å². The highest BCUT2D eigenvalue weighted by molar-refractivity contribution is 6.33. The van der Waals surface area contributed by atoms with Gasteiger partial charge in [0.05, 0.1) is 12.7 Å². The van der Waals surface area contributed by atoms with E-state index in [4.69, 9.17) is 11.6 Å². The van der Waals surface area contributed by atoms with E-state index in [1.807, 2.05) is 4.57 Å². The van der Waals surface area contributed by atoms with Crippen LogP contribution in [0.15, 0.2) is 25.0 Å². The second-order valence-corrected chi connectivity index (χ2v) is 4.40. The third-order valence-corrected chi connectivity index (χ3v) is 2.92. The number of halogens is 1. The van der Waals surface area contributed by atoms with Crippen molar-refractivity contribution in [2.45, 2.75) is 13.0 Å². The highest BCUT2D eigenvalue weighted by Gasteiger charge is 2.10. The molecule has 9 heteroatoms. The molecular formula is C11H10ClN7O. The summed E-state index contributed by atoms with van der Waals surface area (Å²) >= 11 is 5.96. The molecule has 0 unspecified atom stereocenters. The highest BCUT2D eigenvalue weighted by atomic mass is 35.5. The van der Waals surface area contributed by atoms with Gasteiger partial charge in [0.15, 0.2) is 10.8 Å². The van der Waals surface area contributed by atoms with Crippen molar-refractivity contribution < 1.29 is 4.79 Å². The summed E-state index contributed by atoms with van der Waals surface area (Å²) in [7, 11) is 0. The van der Waals surface area contributed by atoms with Gasteiger partial charge in [-0.1, -0.05) is 11.6 Å². The van der Waals surface area contributed by atoms with Crippen LogP contribution in [0.2, 0.25) is 5.15 Å². The van der Waals surface area contributed by atoms with Crippen molar-refractivity contribution in [1.82, 2.24) is 29.5 Å². The number of carbonyl (C=O) groups is 1. The zero-order valence-electron chi connectivity index (χ0n) is 10.2. The second-order valence-electron chi connectivity index (χ2n) is 4.04. The molecular weight excluding hydrogens is 282 g/mol. The van der Waals surface area contributed by atoms with Crippen LogP contribution in [0.3, 0.4) is 0 Å². The molecule has 1 amide bonds. The maximum Gasteiger partial charge on any atom is 0.233 e.